The van der Waals surface area contributed by atoms with Crippen LogP contribution in [0.2, 0.25) is 0 Å². The number of hydrogen-bond acceptors (Lipinski definition) is 4. The largest absolute Gasteiger partial charge is 0.295 e. The van der Waals surface area contributed by atoms with E-state index in [-0.39, 0.29) is 0 Å². The lowest BCUT2D eigenvalue weighted by atomic mass is 10.1. The second-order valence-corrected chi connectivity index (χ2v) is 6.87. The topological polar surface area (TPSA) is 34.0 Å². The molecule has 0 unspecified atom stereocenters. The van der Waals surface area contributed by atoms with Crippen molar-refractivity contribution in [3.05, 3.63) is 52.2 Å². The molecular formula is C18H20N4S. The predicted octanol–water partition coefficient (Wildman–Crippen LogP) is 3.80. The summed E-state index contributed by atoms with van der Waals surface area (Å²) < 4.78 is 1.94. The van der Waals surface area contributed by atoms with Gasteiger partial charge in [-0.2, -0.15) is 0 Å². The Morgan fingerprint density at radius 2 is 2.22 bits per heavy atom. The Morgan fingerprint density at radius 1 is 1.26 bits per heavy atom. The van der Waals surface area contributed by atoms with Gasteiger partial charge in [-0.3, -0.25) is 4.90 Å². The highest BCUT2D eigenvalue weighted by Crippen LogP contribution is 2.26. The van der Waals surface area contributed by atoms with Crippen LogP contribution >= 0.6 is 11.3 Å². The molecule has 1 aromatic carbocycles. The average molecular weight is 324 g/mol. The second-order valence-electron chi connectivity index (χ2n) is 5.92. The van der Waals surface area contributed by atoms with Crippen molar-refractivity contribution in [3.8, 4) is 0 Å². The normalized spacial score (nSPS) is 16.0. The monoisotopic (exact) mass is 324 g/mol. The first-order valence-corrected chi connectivity index (χ1v) is 8.99. The molecule has 0 amide bonds. The molecule has 0 aliphatic carbocycles. The molecule has 0 saturated carbocycles. The maximum absolute atomic E-state index is 4.27. The smallest absolute Gasteiger partial charge is 0.113 e. The summed E-state index contributed by atoms with van der Waals surface area (Å²) in [5, 5.41) is 10.6. The highest BCUT2D eigenvalue weighted by Gasteiger charge is 2.14. The molecule has 0 fully saturated rings. The standard InChI is InChI=1S/C18H20N4S/c1-2-22-17-6-5-14(12-16(17)19-20-22)13-21-9-7-15(8-10-21)18-4-3-11-23-18/h3-7,11-12H,2,8-10,13H2,1H3. The summed E-state index contributed by atoms with van der Waals surface area (Å²) in [4.78, 5) is 3.91. The number of aryl methyl sites for hydroxylation is 1. The molecule has 1 aliphatic heterocycles. The van der Waals surface area contributed by atoms with Crippen molar-refractivity contribution in [2.24, 2.45) is 0 Å². The van der Waals surface area contributed by atoms with Crippen LogP contribution in [0, 0.1) is 0 Å². The van der Waals surface area contributed by atoms with Gasteiger partial charge in [-0.1, -0.05) is 23.4 Å². The number of aromatic nitrogens is 3. The summed E-state index contributed by atoms with van der Waals surface area (Å²) in [5.41, 5.74) is 4.93. The first-order chi connectivity index (χ1) is 11.3. The van der Waals surface area contributed by atoms with Gasteiger partial charge in [0.2, 0.25) is 0 Å². The van der Waals surface area contributed by atoms with Gasteiger partial charge in [0.25, 0.3) is 0 Å². The number of thiophene rings is 1. The third kappa shape index (κ3) is 2.94. The quantitative estimate of drug-likeness (QED) is 0.732. The van der Waals surface area contributed by atoms with Gasteiger partial charge in [0.15, 0.2) is 0 Å². The van der Waals surface area contributed by atoms with E-state index in [0.29, 0.717) is 0 Å². The molecule has 4 rings (SSSR count). The average Bonchev–Trinajstić information content (AvgIpc) is 3.25. The van der Waals surface area contributed by atoms with Gasteiger partial charge in [-0.25, -0.2) is 4.68 Å². The predicted molar refractivity (Wildman–Crippen MR) is 95.4 cm³/mol. The molecule has 5 heteroatoms. The summed E-state index contributed by atoms with van der Waals surface area (Å²) in [6.07, 6.45) is 3.51. The van der Waals surface area contributed by atoms with Crippen molar-refractivity contribution in [1.29, 1.82) is 0 Å². The third-order valence-corrected chi connectivity index (χ3v) is 5.36. The Labute approximate surface area is 140 Å². The molecule has 0 spiro atoms. The first-order valence-electron chi connectivity index (χ1n) is 8.11. The minimum absolute atomic E-state index is 0.859. The summed E-state index contributed by atoms with van der Waals surface area (Å²) >= 11 is 1.84. The van der Waals surface area contributed by atoms with Crippen LogP contribution in [0.3, 0.4) is 0 Å². The lowest BCUT2D eigenvalue weighted by Gasteiger charge is -2.26. The fourth-order valence-corrected chi connectivity index (χ4v) is 3.95. The van der Waals surface area contributed by atoms with E-state index in [4.69, 9.17) is 0 Å². The zero-order valence-electron chi connectivity index (χ0n) is 13.3. The zero-order valence-corrected chi connectivity index (χ0v) is 14.1. The lowest BCUT2D eigenvalue weighted by molar-refractivity contribution is 0.294. The fourth-order valence-electron chi connectivity index (χ4n) is 3.15. The van der Waals surface area contributed by atoms with Crippen molar-refractivity contribution in [2.45, 2.75) is 26.4 Å². The minimum atomic E-state index is 0.859. The van der Waals surface area contributed by atoms with Crippen molar-refractivity contribution < 1.29 is 0 Å². The van der Waals surface area contributed by atoms with Crippen LogP contribution in [0.15, 0.2) is 41.8 Å². The van der Waals surface area contributed by atoms with Gasteiger partial charge in [-0.15, -0.1) is 16.4 Å². The van der Waals surface area contributed by atoms with Crippen molar-refractivity contribution in [3.63, 3.8) is 0 Å². The highest BCUT2D eigenvalue weighted by molar-refractivity contribution is 7.11. The van der Waals surface area contributed by atoms with Gasteiger partial charge in [0.05, 0.1) is 5.52 Å². The Bertz CT molecular complexity index is 832. The van der Waals surface area contributed by atoms with Crippen LogP contribution in [-0.2, 0) is 13.1 Å². The molecule has 0 radical (unpaired) electrons. The van der Waals surface area contributed by atoms with Crippen LogP contribution in [0.4, 0.5) is 0 Å². The number of hydrogen-bond donors (Lipinski definition) is 0. The van der Waals surface area contributed by atoms with Gasteiger partial charge in [0, 0.05) is 31.1 Å². The zero-order chi connectivity index (χ0) is 15.6. The molecular weight excluding hydrogens is 304 g/mol. The van der Waals surface area contributed by atoms with Crippen molar-refractivity contribution in [2.75, 3.05) is 13.1 Å². The molecule has 0 atom stereocenters. The van der Waals surface area contributed by atoms with E-state index in [1.807, 2.05) is 16.0 Å². The Balaban J connectivity index is 1.47. The van der Waals surface area contributed by atoms with Crippen LogP contribution < -0.4 is 0 Å². The van der Waals surface area contributed by atoms with E-state index < -0.39 is 0 Å². The van der Waals surface area contributed by atoms with Crippen LogP contribution in [0.5, 0.6) is 0 Å². The number of benzene rings is 1. The van der Waals surface area contributed by atoms with Gasteiger partial charge < -0.3 is 0 Å². The summed E-state index contributed by atoms with van der Waals surface area (Å²) in [6.45, 7) is 6.06. The molecule has 4 nitrogen and oxygen atoms in total. The first kappa shape index (κ1) is 14.6. The second kappa shape index (κ2) is 6.26. The van der Waals surface area contributed by atoms with Crippen LogP contribution in [0.25, 0.3) is 16.6 Å². The number of rotatable bonds is 4. The molecule has 23 heavy (non-hydrogen) atoms. The summed E-state index contributed by atoms with van der Waals surface area (Å²) in [7, 11) is 0. The van der Waals surface area contributed by atoms with E-state index in [1.165, 1.54) is 16.0 Å². The van der Waals surface area contributed by atoms with Crippen LogP contribution in [0.1, 0.15) is 23.8 Å². The van der Waals surface area contributed by atoms with Gasteiger partial charge in [-0.05, 0) is 48.1 Å². The Hall–Kier alpha value is -1.98. The Kier molecular flexibility index (Phi) is 3.97. The minimum Gasteiger partial charge on any atom is -0.295 e. The van der Waals surface area contributed by atoms with Gasteiger partial charge >= 0.3 is 0 Å². The number of nitrogens with zero attached hydrogens (tertiary/aromatic N) is 4. The SMILES string of the molecule is CCn1nnc2cc(CN3CC=C(c4cccs4)CC3)ccc21. The third-order valence-electron chi connectivity index (χ3n) is 4.41. The fraction of sp³-hybridized carbons (Fsp3) is 0.333. The maximum Gasteiger partial charge on any atom is 0.113 e. The van der Waals surface area contributed by atoms with E-state index in [2.05, 4.69) is 63.9 Å². The van der Waals surface area contributed by atoms with Crippen LogP contribution in [-0.4, -0.2) is 33.0 Å². The van der Waals surface area contributed by atoms with Gasteiger partial charge in [0.1, 0.15) is 5.52 Å². The molecule has 0 N–H and O–H groups in total. The molecule has 2 aromatic heterocycles. The molecule has 3 aromatic rings. The maximum atomic E-state index is 4.27. The molecule has 3 heterocycles. The Morgan fingerprint density at radius 3 is 2.96 bits per heavy atom. The summed E-state index contributed by atoms with van der Waals surface area (Å²) in [5.74, 6) is 0. The molecule has 118 valence electrons. The van der Waals surface area contributed by atoms with E-state index in [9.17, 15) is 0 Å². The van der Waals surface area contributed by atoms with Crippen molar-refractivity contribution >= 4 is 27.9 Å². The molecule has 0 bridgehead atoms. The molecule has 0 saturated heterocycles. The summed E-state index contributed by atoms with van der Waals surface area (Å²) in [6, 6.07) is 10.9. The molecule has 1 aliphatic rings. The van der Waals surface area contributed by atoms with E-state index >= 15 is 0 Å². The highest BCUT2D eigenvalue weighted by atomic mass is 32.1. The number of fused-ring (bicyclic) bond motifs is 1. The van der Waals surface area contributed by atoms with E-state index in [0.717, 1.165) is 43.6 Å². The lowest BCUT2D eigenvalue weighted by Crippen LogP contribution is -2.27. The van der Waals surface area contributed by atoms with Crippen molar-refractivity contribution in [1.82, 2.24) is 19.9 Å². The van der Waals surface area contributed by atoms with E-state index in [1.54, 1.807) is 0 Å².